The second kappa shape index (κ2) is 3.42. The molecule has 10 heavy (non-hydrogen) atoms. The van der Waals surface area contributed by atoms with Gasteiger partial charge in [0.2, 0.25) is 0 Å². The minimum absolute atomic E-state index is 0.00875. The maximum atomic E-state index is 10.3. The van der Waals surface area contributed by atoms with E-state index in [0.29, 0.717) is 0 Å². The van der Waals surface area contributed by atoms with Crippen LogP contribution < -0.4 is 0 Å². The van der Waals surface area contributed by atoms with Gasteiger partial charge in [-0.1, -0.05) is 6.92 Å². The van der Waals surface area contributed by atoms with Gasteiger partial charge in [-0.3, -0.25) is 0 Å². The summed E-state index contributed by atoms with van der Waals surface area (Å²) in [4.78, 5) is 0. The molecule has 0 fully saturated rings. The summed E-state index contributed by atoms with van der Waals surface area (Å²) in [6.45, 7) is 1.94. The fraction of sp³-hybridized carbons (Fsp3) is 0.500. The van der Waals surface area contributed by atoms with Crippen LogP contribution in [0.2, 0.25) is 0 Å². The van der Waals surface area contributed by atoms with Gasteiger partial charge in [0.25, 0.3) is 0 Å². The third-order valence-electron chi connectivity index (χ3n) is 1.45. The van der Waals surface area contributed by atoms with E-state index in [2.05, 4.69) is 0 Å². The predicted octanol–water partition coefficient (Wildman–Crippen LogP) is 1.89. The van der Waals surface area contributed by atoms with Crippen molar-refractivity contribution in [3.8, 4) is 0 Å². The molecule has 0 aliphatic rings. The first-order chi connectivity index (χ1) is 4.83. The van der Waals surface area contributed by atoms with Gasteiger partial charge in [0.15, 0.2) is 0 Å². The van der Waals surface area contributed by atoms with Crippen LogP contribution in [0.5, 0.6) is 0 Å². The van der Waals surface area contributed by atoms with Crippen LogP contribution in [0.4, 0.5) is 0 Å². The zero-order valence-electron chi connectivity index (χ0n) is 6.04. The summed E-state index contributed by atoms with van der Waals surface area (Å²) in [7, 11) is 0. The number of rotatable bonds is 3. The maximum absolute atomic E-state index is 10.3. The summed E-state index contributed by atoms with van der Waals surface area (Å²) in [6, 6.07) is 1.90. The molecule has 1 atom stereocenters. The second-order valence-electron chi connectivity index (χ2n) is 2.61. The highest BCUT2D eigenvalue weighted by Gasteiger charge is 2.02. The highest BCUT2D eigenvalue weighted by atomic mass is 16.3. The zero-order chi connectivity index (χ0) is 7.40. The van der Waals surface area contributed by atoms with Crippen LogP contribution in [0, 0.1) is 5.92 Å². The Morgan fingerprint density at radius 3 is 3.00 bits per heavy atom. The normalized spacial score (nSPS) is 13.4. The highest BCUT2D eigenvalue weighted by Crippen LogP contribution is 2.07. The quantitative estimate of drug-likeness (QED) is 0.629. The lowest BCUT2D eigenvalue weighted by Crippen LogP contribution is -2.02. The molecule has 1 rings (SSSR count). The smallest absolute Gasteiger partial charge is 0.0934 e. The predicted molar refractivity (Wildman–Crippen MR) is 37.1 cm³/mol. The third-order valence-corrected chi connectivity index (χ3v) is 1.45. The molecule has 1 aromatic rings. The van der Waals surface area contributed by atoms with Crippen molar-refractivity contribution in [3.63, 3.8) is 0 Å². The fourth-order valence-electron chi connectivity index (χ4n) is 0.870. The molecule has 1 heterocycles. The zero-order valence-corrected chi connectivity index (χ0v) is 6.04. The maximum Gasteiger partial charge on any atom is 0.0934 e. The van der Waals surface area contributed by atoms with Crippen LogP contribution in [0.1, 0.15) is 12.5 Å². The minimum atomic E-state index is -0.00875. The van der Waals surface area contributed by atoms with Crippen molar-refractivity contribution in [3.05, 3.63) is 24.2 Å². The Morgan fingerprint density at radius 1 is 1.70 bits per heavy atom. The molecule has 2 heteroatoms. The summed E-state index contributed by atoms with van der Waals surface area (Å²) < 4.78 is 4.86. The van der Waals surface area contributed by atoms with Crippen LogP contribution in [-0.4, -0.2) is 6.61 Å². The van der Waals surface area contributed by atoms with Crippen LogP contribution in [0.3, 0.4) is 0 Å². The van der Waals surface area contributed by atoms with Gasteiger partial charge >= 0.3 is 0 Å². The van der Waals surface area contributed by atoms with E-state index < -0.39 is 0 Å². The van der Waals surface area contributed by atoms with Crippen LogP contribution in [0.15, 0.2) is 23.0 Å². The van der Waals surface area contributed by atoms with E-state index >= 15 is 0 Å². The molecule has 0 N–H and O–H groups in total. The van der Waals surface area contributed by atoms with Crippen molar-refractivity contribution in [2.75, 3.05) is 6.61 Å². The summed E-state index contributed by atoms with van der Waals surface area (Å²) in [5.41, 5.74) is 1.11. The molecule has 55 valence electrons. The van der Waals surface area contributed by atoms with Gasteiger partial charge < -0.3 is 4.42 Å². The largest absolute Gasteiger partial charge is 0.472 e. The van der Waals surface area contributed by atoms with E-state index in [1.165, 1.54) is 0 Å². The summed E-state index contributed by atoms with van der Waals surface area (Å²) in [6.07, 6.45) is 4.15. The second-order valence-corrected chi connectivity index (χ2v) is 2.61. The summed E-state index contributed by atoms with van der Waals surface area (Å²) in [5, 5.41) is 10.3. The first-order valence-electron chi connectivity index (χ1n) is 3.42. The average Bonchev–Trinajstić information content (AvgIpc) is 2.40. The van der Waals surface area contributed by atoms with Gasteiger partial charge in [-0.15, -0.1) is 0 Å². The Hall–Kier alpha value is -0.760. The lowest BCUT2D eigenvalue weighted by molar-refractivity contribution is 0.151. The summed E-state index contributed by atoms with van der Waals surface area (Å²) in [5.74, 6) is 0.220. The Kier molecular flexibility index (Phi) is 2.51. The van der Waals surface area contributed by atoms with E-state index in [9.17, 15) is 5.11 Å². The van der Waals surface area contributed by atoms with Crippen LogP contribution in [0.25, 0.3) is 0 Å². The number of furan rings is 1. The molecule has 1 radical (unpaired) electrons. The Bertz CT molecular complexity index is 167. The van der Waals surface area contributed by atoms with Crippen LogP contribution in [-0.2, 0) is 11.5 Å². The van der Waals surface area contributed by atoms with Crippen LogP contribution >= 0.6 is 0 Å². The Balaban J connectivity index is 2.40. The molecular weight excluding hydrogens is 128 g/mol. The molecule has 0 aromatic carbocycles. The molecule has 0 aliphatic heterocycles. The van der Waals surface area contributed by atoms with E-state index in [1.807, 2.05) is 13.0 Å². The molecule has 1 aromatic heterocycles. The van der Waals surface area contributed by atoms with E-state index in [1.54, 1.807) is 12.5 Å². The fourth-order valence-corrected chi connectivity index (χ4v) is 0.870. The van der Waals surface area contributed by atoms with E-state index in [4.69, 9.17) is 4.42 Å². The van der Waals surface area contributed by atoms with Gasteiger partial charge in [-0.25, -0.2) is 5.11 Å². The first-order valence-corrected chi connectivity index (χ1v) is 3.42. The molecule has 0 saturated heterocycles. The average molecular weight is 139 g/mol. The van der Waals surface area contributed by atoms with Gasteiger partial charge in [-0.05, 0) is 24.0 Å². The van der Waals surface area contributed by atoms with Crippen molar-refractivity contribution in [1.29, 1.82) is 0 Å². The van der Waals surface area contributed by atoms with Gasteiger partial charge in [0.05, 0.1) is 19.1 Å². The lowest BCUT2D eigenvalue weighted by atomic mass is 10.1. The van der Waals surface area contributed by atoms with Crippen molar-refractivity contribution in [2.24, 2.45) is 5.92 Å². The van der Waals surface area contributed by atoms with E-state index in [-0.39, 0.29) is 12.5 Å². The van der Waals surface area contributed by atoms with Crippen molar-refractivity contribution in [2.45, 2.75) is 13.3 Å². The first kappa shape index (κ1) is 7.35. The standard InChI is InChI=1S/C8H11O2/c1-7(5-9)4-8-2-3-10-6-8/h2-3,6-7H,4-5H2,1H3. The Morgan fingerprint density at radius 2 is 2.50 bits per heavy atom. The van der Waals surface area contributed by atoms with Gasteiger partial charge in [0.1, 0.15) is 0 Å². The molecule has 0 spiro atoms. The minimum Gasteiger partial charge on any atom is -0.472 e. The molecular formula is C8H11O2. The van der Waals surface area contributed by atoms with Gasteiger partial charge in [0, 0.05) is 0 Å². The SMILES string of the molecule is CC(C[O])Cc1ccoc1. The molecule has 1 unspecified atom stereocenters. The molecule has 0 bridgehead atoms. The number of hydrogen-bond acceptors (Lipinski definition) is 1. The molecule has 2 nitrogen and oxygen atoms in total. The topological polar surface area (TPSA) is 33.0 Å². The Labute approximate surface area is 60.5 Å². The van der Waals surface area contributed by atoms with Crippen molar-refractivity contribution < 1.29 is 9.52 Å². The third kappa shape index (κ3) is 1.88. The lowest BCUT2D eigenvalue weighted by Gasteiger charge is -2.01. The van der Waals surface area contributed by atoms with Gasteiger partial charge in [-0.2, -0.15) is 0 Å². The monoisotopic (exact) mass is 139 g/mol. The van der Waals surface area contributed by atoms with E-state index in [0.717, 1.165) is 12.0 Å². The summed E-state index contributed by atoms with van der Waals surface area (Å²) >= 11 is 0. The molecule has 0 saturated carbocycles. The number of hydrogen-bond donors (Lipinski definition) is 0. The highest BCUT2D eigenvalue weighted by molar-refractivity contribution is 5.05. The molecule has 0 aliphatic carbocycles. The van der Waals surface area contributed by atoms with Crippen molar-refractivity contribution in [1.82, 2.24) is 0 Å². The molecule has 0 amide bonds. The van der Waals surface area contributed by atoms with Crippen molar-refractivity contribution >= 4 is 0 Å².